The Kier molecular flexibility index (Phi) is 6.41. The van der Waals surface area contributed by atoms with Gasteiger partial charge in [0.25, 0.3) is 11.2 Å². The van der Waals surface area contributed by atoms with Crippen LogP contribution in [-0.2, 0) is 16.6 Å². The monoisotopic (exact) mass is 468 g/mol. The Morgan fingerprint density at radius 3 is 2.42 bits per heavy atom. The zero-order chi connectivity index (χ0) is 23.6. The van der Waals surface area contributed by atoms with Crippen molar-refractivity contribution in [3.8, 4) is 0 Å². The summed E-state index contributed by atoms with van der Waals surface area (Å²) in [5.74, 6) is 0. The molecule has 9 nitrogen and oxygen atoms in total. The molecule has 0 aliphatic carbocycles. The van der Waals surface area contributed by atoms with Crippen LogP contribution in [0.1, 0.15) is 16.7 Å². The molecule has 1 aliphatic heterocycles. The maximum Gasteiger partial charge on any atom is 0.276 e. The van der Waals surface area contributed by atoms with Gasteiger partial charge < -0.3 is 4.98 Å². The Labute approximate surface area is 191 Å². The van der Waals surface area contributed by atoms with Crippen molar-refractivity contribution in [1.82, 2.24) is 14.2 Å². The summed E-state index contributed by atoms with van der Waals surface area (Å²) in [7, 11) is -3.20. The molecular weight excluding hydrogens is 444 g/mol. The fraction of sp³-hybridized carbons (Fsp3) is 0.261. The van der Waals surface area contributed by atoms with Crippen LogP contribution >= 0.6 is 0 Å². The molecule has 1 N–H and O–H groups in total. The molecule has 2 heterocycles. The molecule has 0 bridgehead atoms. The quantitative estimate of drug-likeness (QED) is 0.439. The Bertz CT molecular complexity index is 1390. The van der Waals surface area contributed by atoms with Gasteiger partial charge in [-0.2, -0.15) is 4.31 Å². The molecule has 0 unspecified atom stereocenters. The van der Waals surface area contributed by atoms with E-state index in [1.54, 1.807) is 30.4 Å². The van der Waals surface area contributed by atoms with Gasteiger partial charge in [-0.25, -0.2) is 8.42 Å². The number of hydrogen-bond donors (Lipinski definition) is 1. The molecule has 0 atom stereocenters. The predicted octanol–water partition coefficient (Wildman–Crippen LogP) is 2.68. The van der Waals surface area contributed by atoms with E-state index in [-0.39, 0.29) is 11.2 Å². The van der Waals surface area contributed by atoms with Gasteiger partial charge in [0.15, 0.2) is 0 Å². The molecular formula is C23H24N4O5S. The van der Waals surface area contributed by atoms with E-state index in [0.717, 1.165) is 16.5 Å². The highest BCUT2D eigenvalue weighted by atomic mass is 32.2. The number of piperazine rings is 1. The van der Waals surface area contributed by atoms with Gasteiger partial charge in [0.1, 0.15) is 0 Å². The molecule has 0 radical (unpaired) electrons. The molecule has 172 valence electrons. The number of pyridine rings is 1. The van der Waals surface area contributed by atoms with Crippen LogP contribution in [-0.4, -0.2) is 60.0 Å². The van der Waals surface area contributed by atoms with Crippen molar-refractivity contribution in [3.05, 3.63) is 85.7 Å². The lowest BCUT2D eigenvalue weighted by Gasteiger charge is -2.33. The molecule has 2 aromatic carbocycles. The predicted molar refractivity (Wildman–Crippen MR) is 128 cm³/mol. The largest absolute Gasteiger partial charge is 0.321 e. The molecule has 1 aliphatic rings. The second-order valence-electron chi connectivity index (χ2n) is 8.06. The Balaban J connectivity index is 1.57. The number of nitrogens with one attached hydrogen (secondary N) is 1. The van der Waals surface area contributed by atoms with E-state index in [2.05, 4.69) is 9.88 Å². The summed E-state index contributed by atoms with van der Waals surface area (Å²) in [5.41, 5.74) is 2.09. The van der Waals surface area contributed by atoms with Crippen molar-refractivity contribution < 1.29 is 13.3 Å². The fourth-order valence-electron chi connectivity index (χ4n) is 3.95. The van der Waals surface area contributed by atoms with Crippen molar-refractivity contribution in [2.75, 3.05) is 32.4 Å². The number of nitro benzene ring substituents is 1. The zero-order valence-corrected chi connectivity index (χ0v) is 18.9. The normalized spacial score (nSPS) is 15.9. The highest BCUT2D eigenvalue weighted by Gasteiger charge is 2.23. The van der Waals surface area contributed by atoms with Crippen LogP contribution in [0.5, 0.6) is 0 Å². The van der Waals surface area contributed by atoms with Crippen LogP contribution < -0.4 is 5.56 Å². The number of rotatable bonds is 6. The summed E-state index contributed by atoms with van der Waals surface area (Å²) in [6, 6.07) is 14.1. The lowest BCUT2D eigenvalue weighted by Crippen LogP contribution is -2.47. The number of aromatic nitrogens is 1. The average Bonchev–Trinajstić information content (AvgIpc) is 2.77. The van der Waals surface area contributed by atoms with Gasteiger partial charge in [-0.15, -0.1) is 0 Å². The summed E-state index contributed by atoms with van der Waals surface area (Å²) in [6.45, 7) is 2.56. The van der Waals surface area contributed by atoms with Gasteiger partial charge in [-0.1, -0.05) is 24.3 Å². The molecule has 1 aromatic heterocycles. The second kappa shape index (κ2) is 9.26. The first kappa shape index (κ1) is 22.8. The molecule has 1 saturated heterocycles. The van der Waals surface area contributed by atoms with Gasteiger partial charge in [-0.05, 0) is 41.3 Å². The highest BCUT2D eigenvalue weighted by Crippen LogP contribution is 2.24. The Morgan fingerprint density at radius 1 is 1.03 bits per heavy atom. The molecule has 0 saturated carbocycles. The van der Waals surface area contributed by atoms with Gasteiger partial charge in [0.05, 0.1) is 16.7 Å². The van der Waals surface area contributed by atoms with E-state index >= 15 is 0 Å². The third-order valence-electron chi connectivity index (χ3n) is 5.72. The van der Waals surface area contributed by atoms with Crippen LogP contribution in [0.3, 0.4) is 0 Å². The van der Waals surface area contributed by atoms with E-state index in [0.29, 0.717) is 43.9 Å². The van der Waals surface area contributed by atoms with Crippen molar-refractivity contribution in [2.45, 2.75) is 6.54 Å². The average molecular weight is 469 g/mol. The van der Waals surface area contributed by atoms with Gasteiger partial charge in [-0.3, -0.25) is 19.8 Å². The number of H-pyrrole nitrogens is 1. The lowest BCUT2D eigenvalue weighted by molar-refractivity contribution is -0.385. The minimum atomic E-state index is -3.20. The molecule has 10 heteroatoms. The minimum Gasteiger partial charge on any atom is -0.321 e. The van der Waals surface area contributed by atoms with Crippen molar-refractivity contribution in [2.24, 2.45) is 0 Å². The maximum atomic E-state index is 12.4. The SMILES string of the molecule is CS(=O)(=O)N1CCN(Cc2ccc([N+](=O)[O-])c(/C=C/c3cc4ccccc4[nH]c3=O)c2)CC1. The van der Waals surface area contributed by atoms with Crippen molar-refractivity contribution >= 4 is 38.8 Å². The molecule has 3 aromatic rings. The summed E-state index contributed by atoms with van der Waals surface area (Å²) in [6.07, 6.45) is 4.38. The van der Waals surface area contributed by atoms with Crippen molar-refractivity contribution in [3.63, 3.8) is 0 Å². The molecule has 0 amide bonds. The zero-order valence-electron chi connectivity index (χ0n) is 18.1. The first-order valence-electron chi connectivity index (χ1n) is 10.5. The van der Waals surface area contributed by atoms with Crippen LogP contribution in [0.15, 0.2) is 53.3 Å². The number of hydrogen-bond acceptors (Lipinski definition) is 6. The summed E-state index contributed by atoms with van der Waals surface area (Å²) in [5, 5.41) is 12.4. The maximum absolute atomic E-state index is 12.4. The van der Waals surface area contributed by atoms with E-state index in [1.807, 2.05) is 24.3 Å². The highest BCUT2D eigenvalue weighted by molar-refractivity contribution is 7.88. The van der Waals surface area contributed by atoms with Crippen LogP contribution in [0.4, 0.5) is 5.69 Å². The number of nitrogens with zero attached hydrogens (tertiary/aromatic N) is 3. The number of aromatic amines is 1. The Hall–Kier alpha value is -3.34. The molecule has 1 fully saturated rings. The number of nitro groups is 1. The smallest absolute Gasteiger partial charge is 0.276 e. The molecule has 4 rings (SSSR count). The van der Waals surface area contributed by atoms with Gasteiger partial charge >= 0.3 is 0 Å². The van der Waals surface area contributed by atoms with E-state index in [1.165, 1.54) is 16.6 Å². The summed E-state index contributed by atoms with van der Waals surface area (Å²) >= 11 is 0. The standard InChI is InChI=1S/C23H24N4O5S/c1-33(31,32)26-12-10-25(11-13-26)16-17-6-9-22(27(29)30)19(14-17)7-8-20-15-18-4-2-3-5-21(18)24-23(20)28/h2-9,14-15H,10-13,16H2,1H3,(H,24,28)/b8-7+. The van der Waals surface area contributed by atoms with Gasteiger partial charge in [0, 0.05) is 49.9 Å². The molecule has 0 spiro atoms. The third kappa shape index (κ3) is 5.36. The fourth-order valence-corrected chi connectivity index (χ4v) is 4.77. The first-order chi connectivity index (χ1) is 15.7. The van der Waals surface area contributed by atoms with E-state index < -0.39 is 14.9 Å². The van der Waals surface area contributed by atoms with E-state index in [9.17, 15) is 23.3 Å². The number of para-hydroxylation sites is 1. The van der Waals surface area contributed by atoms with E-state index in [4.69, 9.17) is 0 Å². The third-order valence-corrected chi connectivity index (χ3v) is 7.02. The first-order valence-corrected chi connectivity index (χ1v) is 12.3. The number of benzene rings is 2. The van der Waals surface area contributed by atoms with Crippen LogP contribution in [0.25, 0.3) is 23.1 Å². The molecule has 33 heavy (non-hydrogen) atoms. The second-order valence-corrected chi connectivity index (χ2v) is 10.0. The van der Waals surface area contributed by atoms with Gasteiger partial charge in [0.2, 0.25) is 10.0 Å². The number of fused-ring (bicyclic) bond motifs is 1. The number of sulfonamides is 1. The lowest BCUT2D eigenvalue weighted by atomic mass is 10.1. The minimum absolute atomic E-state index is 0.0471. The van der Waals surface area contributed by atoms with Crippen molar-refractivity contribution in [1.29, 1.82) is 0 Å². The Morgan fingerprint density at radius 2 is 1.73 bits per heavy atom. The topological polar surface area (TPSA) is 117 Å². The summed E-state index contributed by atoms with van der Waals surface area (Å²) < 4.78 is 24.8. The van der Waals surface area contributed by atoms with Crippen LogP contribution in [0.2, 0.25) is 0 Å². The van der Waals surface area contributed by atoms with Crippen LogP contribution in [0, 0.1) is 10.1 Å². The summed E-state index contributed by atoms with van der Waals surface area (Å²) in [4.78, 5) is 28.4.